The summed E-state index contributed by atoms with van der Waals surface area (Å²) in [6.45, 7) is 8.50. The van der Waals surface area contributed by atoms with E-state index >= 15 is 0 Å². The Kier molecular flexibility index (Phi) is 6.98. The first-order chi connectivity index (χ1) is 13.5. The first kappa shape index (κ1) is 20.7. The molecule has 28 heavy (non-hydrogen) atoms. The number of ether oxygens (including phenoxy) is 1. The van der Waals surface area contributed by atoms with Gasteiger partial charge in [-0.05, 0) is 55.6 Å². The lowest BCUT2D eigenvalue weighted by molar-refractivity contribution is 0.0607. The molecule has 0 unspecified atom stereocenters. The number of aromatic nitrogens is 1. The summed E-state index contributed by atoms with van der Waals surface area (Å²) in [7, 11) is 1.39. The van der Waals surface area contributed by atoms with Crippen LogP contribution in [0.3, 0.4) is 0 Å². The van der Waals surface area contributed by atoms with Gasteiger partial charge in [0.1, 0.15) is 4.88 Å². The molecule has 150 valence electrons. The minimum atomic E-state index is -0.337. The molecular weight excluding hydrogens is 392 g/mol. The number of hydrogen-bond acceptors (Lipinski definition) is 6. The van der Waals surface area contributed by atoms with Gasteiger partial charge < -0.3 is 15.0 Å². The van der Waals surface area contributed by atoms with Crippen molar-refractivity contribution in [3.8, 4) is 0 Å². The highest BCUT2D eigenvalue weighted by atomic mass is 32.1. The third kappa shape index (κ3) is 5.06. The van der Waals surface area contributed by atoms with Gasteiger partial charge in [-0.25, -0.2) is 4.79 Å². The van der Waals surface area contributed by atoms with Gasteiger partial charge in [0.15, 0.2) is 5.11 Å². The SMILES string of the molecule is COC(=O)c1scc(C)c1NC(=S)N1CCCN(Cc2cccc(C)n2)CC1. The Labute approximate surface area is 175 Å². The van der Waals surface area contributed by atoms with Crippen LogP contribution < -0.4 is 5.32 Å². The number of pyridine rings is 1. The maximum absolute atomic E-state index is 12.0. The molecule has 0 aromatic carbocycles. The molecule has 0 atom stereocenters. The zero-order chi connectivity index (χ0) is 20.1. The van der Waals surface area contributed by atoms with E-state index in [0.717, 1.165) is 61.8 Å². The predicted octanol–water partition coefficient (Wildman–Crippen LogP) is 3.45. The molecule has 3 heterocycles. The molecule has 1 saturated heterocycles. The summed E-state index contributed by atoms with van der Waals surface area (Å²) in [6.07, 6.45) is 1.03. The van der Waals surface area contributed by atoms with Crippen molar-refractivity contribution in [2.45, 2.75) is 26.8 Å². The molecule has 2 aromatic heterocycles. The van der Waals surface area contributed by atoms with E-state index in [9.17, 15) is 4.79 Å². The Bertz CT molecular complexity index is 852. The van der Waals surface area contributed by atoms with E-state index in [0.29, 0.717) is 9.99 Å². The highest BCUT2D eigenvalue weighted by Gasteiger charge is 2.21. The number of nitrogens with zero attached hydrogens (tertiary/aromatic N) is 3. The summed E-state index contributed by atoms with van der Waals surface area (Å²) in [5.41, 5.74) is 3.90. The zero-order valence-electron chi connectivity index (χ0n) is 16.5. The van der Waals surface area contributed by atoms with Crippen molar-refractivity contribution in [2.24, 2.45) is 0 Å². The van der Waals surface area contributed by atoms with E-state index in [2.05, 4.69) is 32.2 Å². The van der Waals surface area contributed by atoms with Gasteiger partial charge in [0.25, 0.3) is 0 Å². The molecule has 1 N–H and O–H groups in total. The maximum atomic E-state index is 12.0. The average Bonchev–Trinajstić information content (AvgIpc) is 2.89. The first-order valence-electron chi connectivity index (χ1n) is 9.35. The van der Waals surface area contributed by atoms with Crippen molar-refractivity contribution in [3.63, 3.8) is 0 Å². The second-order valence-electron chi connectivity index (χ2n) is 6.93. The number of nitrogens with one attached hydrogen (secondary N) is 1. The molecule has 0 saturated carbocycles. The van der Waals surface area contributed by atoms with Gasteiger partial charge in [-0.1, -0.05) is 6.07 Å². The molecule has 0 spiro atoms. The van der Waals surface area contributed by atoms with Crippen LogP contribution in [0.4, 0.5) is 5.69 Å². The Morgan fingerprint density at radius 3 is 2.86 bits per heavy atom. The monoisotopic (exact) mass is 418 g/mol. The molecule has 0 aliphatic carbocycles. The van der Waals surface area contributed by atoms with Crippen LogP contribution in [0.1, 0.15) is 33.0 Å². The molecule has 8 heteroatoms. The lowest BCUT2D eigenvalue weighted by atomic mass is 10.2. The Morgan fingerprint density at radius 1 is 1.29 bits per heavy atom. The number of hydrogen-bond donors (Lipinski definition) is 1. The fourth-order valence-corrected chi connectivity index (χ4v) is 4.48. The van der Waals surface area contributed by atoms with Gasteiger partial charge in [-0.2, -0.15) is 0 Å². The van der Waals surface area contributed by atoms with E-state index < -0.39 is 0 Å². The van der Waals surface area contributed by atoms with E-state index in [1.807, 2.05) is 25.3 Å². The molecule has 3 rings (SSSR count). The molecule has 0 bridgehead atoms. The molecule has 0 amide bonds. The number of carbonyl (C=O) groups is 1. The normalized spacial score (nSPS) is 15.2. The van der Waals surface area contributed by atoms with E-state index in [4.69, 9.17) is 17.0 Å². The molecule has 1 aliphatic heterocycles. The Hall–Kier alpha value is -2.03. The first-order valence-corrected chi connectivity index (χ1v) is 10.6. The summed E-state index contributed by atoms with van der Waals surface area (Å²) >= 11 is 7.02. The lowest BCUT2D eigenvalue weighted by Gasteiger charge is -2.25. The highest BCUT2D eigenvalue weighted by Crippen LogP contribution is 2.28. The summed E-state index contributed by atoms with van der Waals surface area (Å²) in [5.74, 6) is -0.337. The van der Waals surface area contributed by atoms with Gasteiger partial charge in [0, 0.05) is 38.4 Å². The highest BCUT2D eigenvalue weighted by molar-refractivity contribution is 7.80. The molecular formula is C20H26N4O2S2. The minimum absolute atomic E-state index is 0.337. The minimum Gasteiger partial charge on any atom is -0.465 e. The molecule has 1 aliphatic rings. The van der Waals surface area contributed by atoms with Crippen molar-refractivity contribution < 1.29 is 9.53 Å². The number of esters is 1. The third-order valence-electron chi connectivity index (χ3n) is 4.79. The number of anilines is 1. The van der Waals surface area contributed by atoms with Gasteiger partial charge in [-0.3, -0.25) is 9.88 Å². The van der Waals surface area contributed by atoms with Gasteiger partial charge in [-0.15, -0.1) is 11.3 Å². The van der Waals surface area contributed by atoms with Crippen LogP contribution in [-0.4, -0.2) is 59.2 Å². The fraction of sp³-hybridized carbons (Fsp3) is 0.450. The largest absolute Gasteiger partial charge is 0.465 e. The Morgan fingerprint density at radius 2 is 2.11 bits per heavy atom. The van der Waals surface area contributed by atoms with Crippen LogP contribution in [-0.2, 0) is 11.3 Å². The predicted molar refractivity (Wildman–Crippen MR) is 117 cm³/mol. The van der Waals surface area contributed by atoms with Crippen molar-refractivity contribution in [1.29, 1.82) is 0 Å². The van der Waals surface area contributed by atoms with Gasteiger partial charge in [0.05, 0.1) is 18.5 Å². The zero-order valence-corrected chi connectivity index (χ0v) is 18.2. The van der Waals surface area contributed by atoms with Crippen molar-refractivity contribution in [1.82, 2.24) is 14.8 Å². The third-order valence-corrected chi connectivity index (χ3v) is 6.22. The van der Waals surface area contributed by atoms with Crippen LogP contribution in [0, 0.1) is 13.8 Å². The van der Waals surface area contributed by atoms with Crippen LogP contribution in [0.25, 0.3) is 0 Å². The number of thiocarbonyl (C=S) groups is 1. The fourth-order valence-electron chi connectivity index (χ4n) is 3.28. The average molecular weight is 419 g/mol. The van der Waals surface area contributed by atoms with Crippen LogP contribution in [0.2, 0.25) is 0 Å². The van der Waals surface area contributed by atoms with Crippen LogP contribution in [0.15, 0.2) is 23.6 Å². The number of carbonyl (C=O) groups excluding carboxylic acids is 1. The molecule has 1 fully saturated rings. The van der Waals surface area contributed by atoms with E-state index in [-0.39, 0.29) is 5.97 Å². The quantitative estimate of drug-likeness (QED) is 0.603. The molecule has 2 aromatic rings. The number of rotatable bonds is 4. The standard InChI is InChI=1S/C20H26N4O2S2/c1-14-13-28-18(19(25)26-3)17(14)22-20(27)24-9-5-8-23(10-11-24)12-16-7-4-6-15(2)21-16/h4,6-7,13H,5,8-12H2,1-3H3,(H,22,27). The number of aryl methyl sites for hydroxylation is 2. The van der Waals surface area contributed by atoms with Crippen LogP contribution in [0.5, 0.6) is 0 Å². The lowest BCUT2D eigenvalue weighted by Crippen LogP contribution is -2.38. The maximum Gasteiger partial charge on any atom is 0.350 e. The molecule has 0 radical (unpaired) electrons. The summed E-state index contributed by atoms with van der Waals surface area (Å²) < 4.78 is 4.88. The number of thiophene rings is 1. The van der Waals surface area contributed by atoms with Gasteiger partial charge in [0.2, 0.25) is 0 Å². The molecule has 6 nitrogen and oxygen atoms in total. The smallest absolute Gasteiger partial charge is 0.350 e. The summed E-state index contributed by atoms with van der Waals surface area (Å²) in [6, 6.07) is 6.16. The van der Waals surface area contributed by atoms with Crippen molar-refractivity contribution in [2.75, 3.05) is 38.6 Å². The topological polar surface area (TPSA) is 57.7 Å². The van der Waals surface area contributed by atoms with Crippen molar-refractivity contribution in [3.05, 3.63) is 45.4 Å². The Balaban J connectivity index is 1.60. The second kappa shape index (κ2) is 9.45. The summed E-state index contributed by atoms with van der Waals surface area (Å²) in [4.78, 5) is 21.7. The second-order valence-corrected chi connectivity index (χ2v) is 8.20. The summed E-state index contributed by atoms with van der Waals surface area (Å²) in [5, 5.41) is 5.88. The number of methoxy groups -OCH3 is 1. The van der Waals surface area contributed by atoms with Gasteiger partial charge >= 0.3 is 5.97 Å². The van der Waals surface area contributed by atoms with Crippen molar-refractivity contribution >= 4 is 40.3 Å². The van der Waals surface area contributed by atoms with E-state index in [1.165, 1.54) is 18.4 Å². The van der Waals surface area contributed by atoms with E-state index in [1.54, 1.807) is 0 Å². The van der Waals surface area contributed by atoms with Crippen LogP contribution >= 0.6 is 23.6 Å².